The maximum Gasteiger partial charge on any atom is 0.0465 e. The van der Waals surface area contributed by atoms with Crippen molar-refractivity contribution < 1.29 is 0 Å². The van der Waals surface area contributed by atoms with Gasteiger partial charge in [-0.2, -0.15) is 0 Å². The van der Waals surface area contributed by atoms with Crippen LogP contribution in [0.1, 0.15) is 5.56 Å². The smallest absolute Gasteiger partial charge is 0.0465 e. The largest absolute Gasteiger partial charge is 0.377 e. The highest BCUT2D eigenvalue weighted by Gasteiger charge is 1.99. The van der Waals surface area contributed by atoms with E-state index in [-0.39, 0.29) is 0 Å². The van der Waals surface area contributed by atoms with Crippen LogP contribution >= 0.6 is 15.9 Å². The third-order valence-corrected chi connectivity index (χ3v) is 1.82. The maximum atomic E-state index is 4.05. The summed E-state index contributed by atoms with van der Waals surface area (Å²) in [6, 6.07) is 1.99. The minimum absolute atomic E-state index is 1.11. The summed E-state index contributed by atoms with van der Waals surface area (Å²) in [5.74, 6) is 0. The van der Waals surface area contributed by atoms with E-state index in [9.17, 15) is 0 Å². The molecule has 0 spiro atoms. The molecule has 0 amide bonds. The summed E-state index contributed by atoms with van der Waals surface area (Å²) < 4.78 is 0. The van der Waals surface area contributed by atoms with Gasteiger partial charge in [0.15, 0.2) is 0 Å². The fraction of sp³-hybridized carbons (Fsp3) is 0.222. The second-order valence-corrected chi connectivity index (χ2v) is 3.15. The second kappa shape index (κ2) is 4.26. The lowest BCUT2D eigenvalue weighted by Gasteiger charge is -2.14. The molecular weight excluding hydrogens is 216 g/mol. The minimum atomic E-state index is 1.11. The van der Waals surface area contributed by atoms with Gasteiger partial charge in [-0.1, -0.05) is 15.9 Å². The first-order chi connectivity index (χ1) is 5.75. The Morgan fingerprint density at radius 3 is 2.83 bits per heavy atom. The SMILES string of the molecule is CN(C)c1ccncc1/C=C/Br. The van der Waals surface area contributed by atoms with E-state index in [1.165, 1.54) is 5.69 Å². The van der Waals surface area contributed by atoms with Crippen molar-refractivity contribution in [3.05, 3.63) is 29.0 Å². The Labute approximate surface area is 81.0 Å². The molecule has 0 atom stereocenters. The van der Waals surface area contributed by atoms with Gasteiger partial charge in [0.2, 0.25) is 0 Å². The number of nitrogens with zero attached hydrogens (tertiary/aromatic N) is 2. The van der Waals surface area contributed by atoms with Crippen LogP contribution in [0.4, 0.5) is 5.69 Å². The van der Waals surface area contributed by atoms with Gasteiger partial charge in [-0.05, 0) is 17.1 Å². The molecule has 64 valence electrons. The van der Waals surface area contributed by atoms with Gasteiger partial charge in [-0.15, -0.1) is 0 Å². The molecule has 0 aromatic carbocycles. The average Bonchev–Trinajstić information content (AvgIpc) is 2.05. The van der Waals surface area contributed by atoms with Crippen molar-refractivity contribution in [2.45, 2.75) is 0 Å². The predicted octanol–water partition coefficient (Wildman–Crippen LogP) is 2.51. The number of rotatable bonds is 2. The molecule has 0 aliphatic carbocycles. The molecule has 0 radical (unpaired) electrons. The highest BCUT2D eigenvalue weighted by Crippen LogP contribution is 2.18. The van der Waals surface area contributed by atoms with Crippen molar-refractivity contribution in [2.75, 3.05) is 19.0 Å². The molecule has 0 bridgehead atoms. The van der Waals surface area contributed by atoms with E-state index < -0.39 is 0 Å². The van der Waals surface area contributed by atoms with E-state index in [2.05, 4.69) is 25.8 Å². The van der Waals surface area contributed by atoms with Crippen LogP contribution in [-0.2, 0) is 0 Å². The quantitative estimate of drug-likeness (QED) is 0.771. The fourth-order valence-electron chi connectivity index (χ4n) is 1.00. The zero-order valence-corrected chi connectivity index (χ0v) is 8.75. The molecule has 0 fully saturated rings. The van der Waals surface area contributed by atoms with Gasteiger partial charge >= 0.3 is 0 Å². The molecule has 0 unspecified atom stereocenters. The Morgan fingerprint density at radius 2 is 2.25 bits per heavy atom. The number of pyridine rings is 1. The first kappa shape index (κ1) is 9.26. The van der Waals surface area contributed by atoms with Crippen LogP contribution in [-0.4, -0.2) is 19.1 Å². The highest BCUT2D eigenvalue weighted by atomic mass is 79.9. The Hall–Kier alpha value is -0.830. The van der Waals surface area contributed by atoms with Crippen LogP contribution in [0.3, 0.4) is 0 Å². The summed E-state index contributed by atoms with van der Waals surface area (Å²) in [5.41, 5.74) is 2.28. The summed E-state index contributed by atoms with van der Waals surface area (Å²) in [6.07, 6.45) is 5.61. The molecule has 1 aromatic rings. The molecule has 0 N–H and O–H groups in total. The van der Waals surface area contributed by atoms with Gasteiger partial charge in [-0.25, -0.2) is 0 Å². The Morgan fingerprint density at radius 1 is 1.50 bits per heavy atom. The van der Waals surface area contributed by atoms with Gasteiger partial charge in [0, 0.05) is 37.7 Å². The van der Waals surface area contributed by atoms with E-state index >= 15 is 0 Å². The number of aromatic nitrogens is 1. The van der Waals surface area contributed by atoms with Crippen molar-refractivity contribution in [3.8, 4) is 0 Å². The summed E-state index contributed by atoms with van der Waals surface area (Å²) >= 11 is 3.24. The lowest BCUT2D eigenvalue weighted by atomic mass is 10.2. The Kier molecular flexibility index (Phi) is 3.29. The Bertz CT molecular complexity index is 282. The molecule has 12 heavy (non-hydrogen) atoms. The third kappa shape index (κ3) is 2.08. The van der Waals surface area contributed by atoms with Crippen molar-refractivity contribution in [2.24, 2.45) is 0 Å². The lowest BCUT2D eigenvalue weighted by molar-refractivity contribution is 1.11. The average molecular weight is 227 g/mol. The summed E-state index contributed by atoms with van der Waals surface area (Å²) in [5, 5.41) is 0. The van der Waals surface area contributed by atoms with Gasteiger partial charge in [0.05, 0.1) is 0 Å². The minimum Gasteiger partial charge on any atom is -0.377 e. The third-order valence-electron chi connectivity index (χ3n) is 1.55. The zero-order chi connectivity index (χ0) is 8.97. The van der Waals surface area contributed by atoms with Gasteiger partial charge in [0.25, 0.3) is 0 Å². The molecule has 0 aliphatic heterocycles. The van der Waals surface area contributed by atoms with Gasteiger partial charge < -0.3 is 4.90 Å². The normalized spacial score (nSPS) is 10.6. The van der Waals surface area contributed by atoms with E-state index in [1.54, 1.807) is 6.20 Å². The van der Waals surface area contributed by atoms with Crippen LogP contribution in [0.15, 0.2) is 23.4 Å². The first-order valence-corrected chi connectivity index (χ1v) is 4.55. The molecule has 0 saturated heterocycles. The number of halogens is 1. The van der Waals surface area contributed by atoms with Crippen LogP contribution in [0.2, 0.25) is 0 Å². The molecule has 2 nitrogen and oxygen atoms in total. The van der Waals surface area contributed by atoms with Gasteiger partial charge in [0.1, 0.15) is 0 Å². The molecule has 3 heteroatoms. The van der Waals surface area contributed by atoms with E-state index in [0.29, 0.717) is 0 Å². The van der Waals surface area contributed by atoms with Crippen molar-refractivity contribution in [1.82, 2.24) is 4.98 Å². The molecule has 1 heterocycles. The maximum absolute atomic E-state index is 4.05. The molecular formula is C9H11BrN2. The topological polar surface area (TPSA) is 16.1 Å². The van der Waals surface area contributed by atoms with Crippen molar-refractivity contribution in [3.63, 3.8) is 0 Å². The van der Waals surface area contributed by atoms with E-state index in [1.807, 2.05) is 37.4 Å². The second-order valence-electron chi connectivity index (χ2n) is 2.62. The fourth-order valence-corrected chi connectivity index (χ4v) is 1.29. The number of anilines is 1. The first-order valence-electron chi connectivity index (χ1n) is 3.64. The summed E-state index contributed by atoms with van der Waals surface area (Å²) in [4.78, 5) is 7.94. The number of hydrogen-bond donors (Lipinski definition) is 0. The van der Waals surface area contributed by atoms with Crippen LogP contribution in [0.5, 0.6) is 0 Å². The van der Waals surface area contributed by atoms with Crippen molar-refractivity contribution >= 4 is 27.7 Å². The number of hydrogen-bond acceptors (Lipinski definition) is 2. The summed E-state index contributed by atoms with van der Waals surface area (Å²) in [6.45, 7) is 0. The molecule has 0 saturated carbocycles. The van der Waals surface area contributed by atoms with Crippen LogP contribution in [0.25, 0.3) is 6.08 Å². The predicted molar refractivity (Wildman–Crippen MR) is 56.5 cm³/mol. The standard InChI is InChI=1S/C9H11BrN2/c1-12(2)9-4-6-11-7-8(9)3-5-10/h3-7H,1-2H3/b5-3+. The summed E-state index contributed by atoms with van der Waals surface area (Å²) in [7, 11) is 4.03. The highest BCUT2D eigenvalue weighted by molar-refractivity contribution is 9.11. The molecule has 1 aromatic heterocycles. The van der Waals surface area contributed by atoms with E-state index in [4.69, 9.17) is 0 Å². The van der Waals surface area contributed by atoms with Crippen LogP contribution in [0, 0.1) is 0 Å². The Balaban J connectivity index is 3.08. The lowest BCUT2D eigenvalue weighted by Crippen LogP contribution is -2.10. The molecule has 1 rings (SSSR count). The van der Waals surface area contributed by atoms with Gasteiger partial charge in [-0.3, -0.25) is 4.98 Å². The van der Waals surface area contributed by atoms with Crippen LogP contribution < -0.4 is 4.90 Å². The van der Waals surface area contributed by atoms with E-state index in [0.717, 1.165) is 5.56 Å². The molecule has 0 aliphatic rings. The monoisotopic (exact) mass is 226 g/mol. The zero-order valence-electron chi connectivity index (χ0n) is 7.16. The van der Waals surface area contributed by atoms with Crippen molar-refractivity contribution in [1.29, 1.82) is 0 Å².